The van der Waals surface area contributed by atoms with Gasteiger partial charge in [0.2, 0.25) is 0 Å². The lowest BCUT2D eigenvalue weighted by Gasteiger charge is -2.30. The Bertz CT molecular complexity index is 807. The zero-order valence-corrected chi connectivity index (χ0v) is 15.3. The number of hydrogen-bond donors (Lipinski definition) is 1. The van der Waals surface area contributed by atoms with E-state index in [1.807, 2.05) is 31.2 Å². The van der Waals surface area contributed by atoms with E-state index in [0.717, 1.165) is 29.0 Å². The Kier molecular flexibility index (Phi) is 5.04. The summed E-state index contributed by atoms with van der Waals surface area (Å²) in [6.07, 6.45) is 0.780. The summed E-state index contributed by atoms with van der Waals surface area (Å²) in [6, 6.07) is 9.24. The third-order valence-electron chi connectivity index (χ3n) is 4.44. The number of fused-ring (bicyclic) bond motifs is 1. The highest BCUT2D eigenvalue weighted by Crippen LogP contribution is 2.33. The summed E-state index contributed by atoms with van der Waals surface area (Å²) in [5, 5.41) is 3.62. The fourth-order valence-corrected chi connectivity index (χ4v) is 3.24. The lowest BCUT2D eigenvalue weighted by atomic mass is 9.99. The minimum absolute atomic E-state index is 0.120. The van der Waals surface area contributed by atoms with Gasteiger partial charge in [-0.2, -0.15) is 0 Å². The molecule has 0 spiro atoms. The van der Waals surface area contributed by atoms with Crippen molar-refractivity contribution in [1.29, 1.82) is 0 Å². The molecule has 0 saturated heterocycles. The van der Waals surface area contributed by atoms with Gasteiger partial charge in [0.05, 0.1) is 14.2 Å². The molecule has 0 unspecified atom stereocenters. The van der Waals surface area contributed by atoms with Crippen LogP contribution in [0.5, 0.6) is 11.5 Å². The number of ether oxygens (including phenoxy) is 2. The van der Waals surface area contributed by atoms with E-state index in [9.17, 15) is 4.79 Å². The van der Waals surface area contributed by atoms with Crippen LogP contribution in [0, 0.1) is 6.92 Å². The summed E-state index contributed by atoms with van der Waals surface area (Å²) in [5.74, 6) is 1.40. The largest absolute Gasteiger partial charge is 0.493 e. The molecule has 0 fully saturated rings. The van der Waals surface area contributed by atoms with Crippen LogP contribution in [0.4, 0.5) is 10.5 Å². The number of amides is 2. The molecule has 2 aromatic rings. The monoisotopic (exact) mass is 360 g/mol. The van der Waals surface area contributed by atoms with Crippen molar-refractivity contribution in [2.75, 3.05) is 26.1 Å². The van der Waals surface area contributed by atoms with Gasteiger partial charge in [-0.05, 0) is 60.4 Å². The number of hydrogen-bond acceptors (Lipinski definition) is 3. The van der Waals surface area contributed by atoms with Crippen molar-refractivity contribution in [2.45, 2.75) is 19.9 Å². The molecule has 0 bridgehead atoms. The number of methoxy groups -OCH3 is 2. The first-order valence-electron chi connectivity index (χ1n) is 8.07. The number of halogens is 1. The molecule has 1 heterocycles. The summed E-state index contributed by atoms with van der Waals surface area (Å²) in [7, 11) is 3.24. The Balaban J connectivity index is 1.76. The van der Waals surface area contributed by atoms with E-state index in [4.69, 9.17) is 21.1 Å². The molecule has 6 heteroatoms. The number of carbonyl (C=O) groups is 1. The SMILES string of the molecule is COc1cc2c(cc1OC)CN(C(=O)Nc1ccc(Cl)cc1C)CC2. The minimum atomic E-state index is -0.120. The van der Waals surface area contributed by atoms with Crippen LogP contribution in [-0.2, 0) is 13.0 Å². The average Bonchev–Trinajstić information content (AvgIpc) is 2.62. The Hall–Kier alpha value is -2.40. The number of aryl methyl sites for hydroxylation is 1. The van der Waals surface area contributed by atoms with E-state index in [2.05, 4.69) is 5.32 Å². The van der Waals surface area contributed by atoms with E-state index in [1.165, 1.54) is 5.56 Å². The van der Waals surface area contributed by atoms with E-state index in [0.29, 0.717) is 23.9 Å². The van der Waals surface area contributed by atoms with Gasteiger partial charge in [0.15, 0.2) is 11.5 Å². The smallest absolute Gasteiger partial charge is 0.322 e. The molecule has 0 aliphatic carbocycles. The molecule has 1 aliphatic rings. The molecule has 5 nitrogen and oxygen atoms in total. The van der Waals surface area contributed by atoms with Gasteiger partial charge in [0, 0.05) is 23.8 Å². The van der Waals surface area contributed by atoms with Gasteiger partial charge in [0.25, 0.3) is 0 Å². The van der Waals surface area contributed by atoms with E-state index >= 15 is 0 Å². The number of rotatable bonds is 3. The van der Waals surface area contributed by atoms with Crippen LogP contribution in [0.15, 0.2) is 30.3 Å². The quantitative estimate of drug-likeness (QED) is 0.889. The Morgan fingerprint density at radius 1 is 1.12 bits per heavy atom. The standard InChI is InChI=1S/C19H21ClN2O3/c1-12-8-15(20)4-5-16(12)21-19(23)22-7-6-13-9-17(24-2)18(25-3)10-14(13)11-22/h4-5,8-10H,6-7,11H2,1-3H3,(H,21,23). The maximum Gasteiger partial charge on any atom is 0.322 e. The van der Waals surface area contributed by atoms with Gasteiger partial charge in [-0.15, -0.1) is 0 Å². The second-order valence-electron chi connectivity index (χ2n) is 6.04. The molecule has 0 radical (unpaired) electrons. The van der Waals surface area contributed by atoms with Crippen molar-refractivity contribution in [3.05, 3.63) is 52.0 Å². The molecule has 0 saturated carbocycles. The summed E-state index contributed by atoms with van der Waals surface area (Å²) in [4.78, 5) is 14.4. The van der Waals surface area contributed by atoms with Crippen LogP contribution in [0.2, 0.25) is 5.02 Å². The van der Waals surface area contributed by atoms with E-state index < -0.39 is 0 Å². The number of carbonyl (C=O) groups excluding carboxylic acids is 1. The predicted octanol–water partition coefficient (Wildman–Crippen LogP) is 4.26. The Morgan fingerprint density at radius 2 is 1.80 bits per heavy atom. The molecule has 2 aromatic carbocycles. The van der Waals surface area contributed by atoms with Crippen molar-refractivity contribution < 1.29 is 14.3 Å². The van der Waals surface area contributed by atoms with E-state index in [1.54, 1.807) is 25.2 Å². The Morgan fingerprint density at radius 3 is 2.44 bits per heavy atom. The van der Waals surface area contributed by atoms with Crippen molar-refractivity contribution in [2.24, 2.45) is 0 Å². The molecule has 1 aliphatic heterocycles. The molecular weight excluding hydrogens is 340 g/mol. The fraction of sp³-hybridized carbons (Fsp3) is 0.316. The van der Waals surface area contributed by atoms with Gasteiger partial charge in [-0.1, -0.05) is 11.6 Å². The predicted molar refractivity (Wildman–Crippen MR) is 98.9 cm³/mol. The zero-order valence-electron chi connectivity index (χ0n) is 14.6. The number of benzene rings is 2. The molecule has 1 N–H and O–H groups in total. The van der Waals surface area contributed by atoms with Gasteiger partial charge in [-0.25, -0.2) is 4.79 Å². The van der Waals surface area contributed by atoms with Crippen molar-refractivity contribution in [3.63, 3.8) is 0 Å². The van der Waals surface area contributed by atoms with Crippen molar-refractivity contribution >= 4 is 23.3 Å². The average molecular weight is 361 g/mol. The number of urea groups is 1. The first-order valence-corrected chi connectivity index (χ1v) is 8.45. The molecule has 132 valence electrons. The van der Waals surface area contributed by atoms with Crippen molar-refractivity contribution in [1.82, 2.24) is 4.90 Å². The maximum absolute atomic E-state index is 12.6. The zero-order chi connectivity index (χ0) is 18.0. The Labute approximate surface area is 152 Å². The van der Waals surface area contributed by atoms with Crippen molar-refractivity contribution in [3.8, 4) is 11.5 Å². The van der Waals surface area contributed by atoms with Crippen LogP contribution < -0.4 is 14.8 Å². The van der Waals surface area contributed by atoms with Gasteiger partial charge >= 0.3 is 6.03 Å². The third kappa shape index (κ3) is 3.66. The molecule has 0 atom stereocenters. The van der Waals surface area contributed by atoms with Crippen LogP contribution in [0.1, 0.15) is 16.7 Å². The number of anilines is 1. The minimum Gasteiger partial charge on any atom is -0.493 e. The van der Waals surface area contributed by atoms with Crippen LogP contribution in [-0.4, -0.2) is 31.7 Å². The highest BCUT2D eigenvalue weighted by atomic mass is 35.5. The molecular formula is C19H21ClN2O3. The van der Waals surface area contributed by atoms with Crippen LogP contribution >= 0.6 is 11.6 Å². The second kappa shape index (κ2) is 7.23. The lowest BCUT2D eigenvalue weighted by molar-refractivity contribution is 0.206. The first kappa shape index (κ1) is 17.4. The van der Waals surface area contributed by atoms with Crippen LogP contribution in [0.25, 0.3) is 0 Å². The highest BCUT2D eigenvalue weighted by molar-refractivity contribution is 6.30. The molecule has 0 aromatic heterocycles. The lowest BCUT2D eigenvalue weighted by Crippen LogP contribution is -2.39. The van der Waals surface area contributed by atoms with Gasteiger partial charge in [0.1, 0.15) is 0 Å². The topological polar surface area (TPSA) is 50.8 Å². The van der Waals surface area contributed by atoms with Crippen LogP contribution in [0.3, 0.4) is 0 Å². The second-order valence-corrected chi connectivity index (χ2v) is 6.47. The normalized spacial score (nSPS) is 13.2. The molecule has 2 amide bonds. The highest BCUT2D eigenvalue weighted by Gasteiger charge is 2.23. The summed E-state index contributed by atoms with van der Waals surface area (Å²) < 4.78 is 10.7. The van der Waals surface area contributed by atoms with Gasteiger partial charge < -0.3 is 19.7 Å². The molecule has 25 heavy (non-hydrogen) atoms. The molecule has 3 rings (SSSR count). The number of nitrogens with zero attached hydrogens (tertiary/aromatic N) is 1. The summed E-state index contributed by atoms with van der Waals surface area (Å²) >= 11 is 5.97. The fourth-order valence-electron chi connectivity index (χ4n) is 3.02. The van der Waals surface area contributed by atoms with E-state index in [-0.39, 0.29) is 6.03 Å². The summed E-state index contributed by atoms with van der Waals surface area (Å²) in [6.45, 7) is 3.11. The third-order valence-corrected chi connectivity index (χ3v) is 4.67. The first-order chi connectivity index (χ1) is 12.0. The number of nitrogens with one attached hydrogen (secondary N) is 1. The maximum atomic E-state index is 12.6. The van der Waals surface area contributed by atoms with Gasteiger partial charge in [-0.3, -0.25) is 0 Å². The summed E-state index contributed by atoms with van der Waals surface area (Å²) in [5.41, 5.74) is 3.97.